The third-order valence-corrected chi connectivity index (χ3v) is 6.62. The Morgan fingerprint density at radius 2 is 1.42 bits per heavy atom. The lowest BCUT2D eigenvalue weighted by Gasteiger charge is -2.46. The Morgan fingerprint density at radius 3 is 1.92 bits per heavy atom. The highest BCUT2D eigenvalue weighted by Gasteiger charge is 2.54. The van der Waals surface area contributed by atoms with Gasteiger partial charge < -0.3 is 60.2 Å². The number of hydrogen-bond donors (Lipinski definition) is 9. The molecule has 2 rings (SSSR count). The van der Waals surface area contributed by atoms with E-state index in [-0.39, 0.29) is 0 Å². The molecular weight excluding hydrogens is 484 g/mol. The molecule has 1 aliphatic carbocycles. The second-order valence-electron chi connectivity index (χ2n) is 9.69. The van der Waals surface area contributed by atoms with Crippen LogP contribution in [0.15, 0.2) is 23.8 Å². The van der Waals surface area contributed by atoms with Crippen molar-refractivity contribution in [3.05, 3.63) is 23.8 Å². The van der Waals surface area contributed by atoms with Crippen LogP contribution in [0.4, 0.5) is 0 Å². The fourth-order valence-electron chi connectivity index (χ4n) is 4.12. The van der Waals surface area contributed by atoms with Gasteiger partial charge in [0.1, 0.15) is 54.9 Å². The summed E-state index contributed by atoms with van der Waals surface area (Å²) in [5, 5.41) is 91.3. The summed E-state index contributed by atoms with van der Waals surface area (Å²) in [6.07, 6.45) is -16.1. The molecule has 13 nitrogen and oxygen atoms in total. The van der Waals surface area contributed by atoms with Gasteiger partial charge in [-0.1, -0.05) is 18.2 Å². The lowest BCUT2D eigenvalue weighted by Crippen LogP contribution is -2.67. The molecule has 0 radical (unpaired) electrons. The normalized spacial score (nSPS) is 41.4. The molecule has 0 spiro atoms. The zero-order chi connectivity index (χ0) is 27.5. The van der Waals surface area contributed by atoms with Gasteiger partial charge in [-0.15, -0.1) is 0 Å². The summed E-state index contributed by atoms with van der Waals surface area (Å²) in [6.45, 7) is 5.40. The van der Waals surface area contributed by atoms with Crippen LogP contribution < -0.4 is 0 Å². The fraction of sp³-hybridized carbons (Fsp3) is 0.783. The lowest BCUT2D eigenvalue weighted by molar-refractivity contribution is -0.340. The van der Waals surface area contributed by atoms with Crippen molar-refractivity contribution in [2.75, 3.05) is 6.61 Å². The molecule has 9 N–H and O–H groups in total. The summed E-state index contributed by atoms with van der Waals surface area (Å²) >= 11 is 0. The van der Waals surface area contributed by atoms with Crippen LogP contribution in [0.2, 0.25) is 0 Å². The number of ether oxygens (including phenoxy) is 3. The van der Waals surface area contributed by atoms with E-state index in [4.69, 9.17) is 14.2 Å². The Balaban J connectivity index is 2.17. The van der Waals surface area contributed by atoms with Crippen LogP contribution in [-0.4, -0.2) is 132 Å². The van der Waals surface area contributed by atoms with Crippen molar-refractivity contribution in [2.24, 2.45) is 5.41 Å². The lowest BCUT2D eigenvalue weighted by atomic mass is 9.82. The van der Waals surface area contributed by atoms with Gasteiger partial charge in [-0.25, -0.2) is 0 Å². The van der Waals surface area contributed by atoms with Crippen LogP contribution in [0.3, 0.4) is 0 Å². The average molecular weight is 523 g/mol. The third-order valence-electron chi connectivity index (χ3n) is 6.62. The number of carbonyl (C=O) groups excluding carboxylic acids is 1. The molecule has 12 atom stereocenters. The summed E-state index contributed by atoms with van der Waals surface area (Å²) in [5.74, 6) is -0.959. The first-order valence-corrected chi connectivity index (χ1v) is 11.6. The minimum atomic E-state index is -1.93. The molecule has 2 unspecified atom stereocenters. The molecule has 0 bridgehead atoms. The van der Waals surface area contributed by atoms with Gasteiger partial charge in [-0.2, -0.15) is 0 Å². The van der Waals surface area contributed by atoms with Gasteiger partial charge in [0.25, 0.3) is 0 Å². The Kier molecular flexibility index (Phi) is 10.6. The predicted octanol–water partition coefficient (Wildman–Crippen LogP) is -3.55. The number of hydrogen-bond acceptors (Lipinski definition) is 13. The Bertz CT molecular complexity index is 781. The van der Waals surface area contributed by atoms with Crippen molar-refractivity contribution in [1.82, 2.24) is 0 Å². The van der Waals surface area contributed by atoms with Crippen LogP contribution in [0.5, 0.6) is 0 Å². The van der Waals surface area contributed by atoms with E-state index in [2.05, 4.69) is 0 Å². The first-order chi connectivity index (χ1) is 16.7. The van der Waals surface area contributed by atoms with Crippen molar-refractivity contribution in [2.45, 2.75) is 101 Å². The minimum absolute atomic E-state index is 0.460. The highest BCUT2D eigenvalue weighted by Crippen LogP contribution is 2.33. The monoisotopic (exact) mass is 522 g/mol. The molecule has 0 aromatic rings. The predicted molar refractivity (Wildman–Crippen MR) is 121 cm³/mol. The first-order valence-electron chi connectivity index (χ1n) is 11.6. The fourth-order valence-corrected chi connectivity index (χ4v) is 4.12. The summed E-state index contributed by atoms with van der Waals surface area (Å²) < 4.78 is 16.1. The standard InChI is InChI=1S/C23H38O13/c1-5-6-7-9(2)20(32)23(3,4)22(33)36-18-10(8-24)34-21(17(31)16(18)30)35-19-14(28)12(26)11(25)13(27)15(19)29/h5-7,10-21,24-32H,8H2,1-4H3/b6-5+,9-7+/t10-,11?,12-,13+,14-,15+,16-,17+,18-,19?,20-,21+/m0/s1. The number of rotatable bonds is 8. The second-order valence-corrected chi connectivity index (χ2v) is 9.69. The number of aliphatic hydroxyl groups is 9. The van der Waals surface area contributed by atoms with Gasteiger partial charge >= 0.3 is 5.97 Å². The van der Waals surface area contributed by atoms with Gasteiger partial charge in [-0.05, 0) is 33.3 Å². The van der Waals surface area contributed by atoms with E-state index in [1.54, 1.807) is 32.1 Å². The topological polar surface area (TPSA) is 227 Å². The van der Waals surface area contributed by atoms with Gasteiger partial charge in [0.05, 0.1) is 18.1 Å². The molecule has 1 saturated heterocycles. The van der Waals surface area contributed by atoms with Gasteiger partial charge in [0.2, 0.25) is 0 Å². The van der Waals surface area contributed by atoms with Crippen LogP contribution in [0.1, 0.15) is 27.7 Å². The number of carbonyl (C=O) groups is 1. The Labute approximate surface area is 208 Å². The molecule has 1 heterocycles. The number of esters is 1. The van der Waals surface area contributed by atoms with Gasteiger partial charge in [0.15, 0.2) is 12.4 Å². The van der Waals surface area contributed by atoms with E-state index in [9.17, 15) is 50.8 Å². The molecule has 1 saturated carbocycles. The van der Waals surface area contributed by atoms with Crippen molar-refractivity contribution in [1.29, 1.82) is 0 Å². The van der Waals surface area contributed by atoms with Crippen molar-refractivity contribution < 1.29 is 65.0 Å². The van der Waals surface area contributed by atoms with E-state index in [1.807, 2.05) is 0 Å². The zero-order valence-electron chi connectivity index (χ0n) is 20.5. The van der Waals surface area contributed by atoms with Crippen LogP contribution >= 0.6 is 0 Å². The largest absolute Gasteiger partial charge is 0.456 e. The average Bonchev–Trinajstić information content (AvgIpc) is 2.85. The smallest absolute Gasteiger partial charge is 0.314 e. The molecule has 2 fully saturated rings. The maximum Gasteiger partial charge on any atom is 0.314 e. The molecule has 0 amide bonds. The number of allylic oxidation sites excluding steroid dienone is 3. The first kappa shape index (κ1) is 30.7. The SMILES string of the molecule is C/C=C/C=C(\C)[C@H](O)C(C)(C)C(=O)O[C@@H]1[C@@H](O)[C@@H](O)[C@@H](OC2[C@@H](O)[C@@H](O)C(O)[C@@H](O)[C@H]2O)O[C@H]1CO. The van der Waals surface area contributed by atoms with E-state index in [0.29, 0.717) is 5.57 Å². The molecule has 208 valence electrons. The molecule has 0 aromatic heterocycles. The van der Waals surface area contributed by atoms with Crippen LogP contribution in [0.25, 0.3) is 0 Å². The van der Waals surface area contributed by atoms with E-state index < -0.39 is 91.4 Å². The molecule has 0 aromatic carbocycles. The highest BCUT2D eigenvalue weighted by atomic mass is 16.7. The van der Waals surface area contributed by atoms with Crippen LogP contribution in [-0.2, 0) is 19.0 Å². The maximum absolute atomic E-state index is 12.9. The quantitative estimate of drug-likeness (QED) is 0.111. The Hall–Kier alpha value is -1.49. The molecule has 2 aliphatic rings. The highest BCUT2D eigenvalue weighted by molar-refractivity contribution is 5.77. The molecular formula is C23H38O13. The summed E-state index contributed by atoms with van der Waals surface area (Å²) in [6, 6.07) is 0. The van der Waals surface area contributed by atoms with Gasteiger partial charge in [-0.3, -0.25) is 4.79 Å². The second kappa shape index (κ2) is 12.4. The third kappa shape index (κ3) is 6.14. The summed E-state index contributed by atoms with van der Waals surface area (Å²) in [4.78, 5) is 12.9. The minimum Gasteiger partial charge on any atom is -0.456 e. The van der Waals surface area contributed by atoms with Crippen molar-refractivity contribution in [3.63, 3.8) is 0 Å². The van der Waals surface area contributed by atoms with Crippen molar-refractivity contribution >= 4 is 5.97 Å². The summed E-state index contributed by atoms with van der Waals surface area (Å²) in [5.41, 5.74) is -1.04. The number of aliphatic hydroxyl groups excluding tert-OH is 9. The molecule has 1 aliphatic heterocycles. The maximum atomic E-state index is 12.9. The zero-order valence-corrected chi connectivity index (χ0v) is 20.5. The van der Waals surface area contributed by atoms with E-state index in [1.165, 1.54) is 13.8 Å². The van der Waals surface area contributed by atoms with Crippen LogP contribution in [0, 0.1) is 5.41 Å². The molecule has 13 heteroatoms. The van der Waals surface area contributed by atoms with Crippen molar-refractivity contribution in [3.8, 4) is 0 Å². The molecule has 36 heavy (non-hydrogen) atoms. The van der Waals surface area contributed by atoms with E-state index in [0.717, 1.165) is 0 Å². The summed E-state index contributed by atoms with van der Waals surface area (Å²) in [7, 11) is 0. The van der Waals surface area contributed by atoms with E-state index >= 15 is 0 Å². The van der Waals surface area contributed by atoms with Gasteiger partial charge in [0, 0.05) is 0 Å². The Morgan fingerprint density at radius 1 is 0.917 bits per heavy atom.